The third kappa shape index (κ3) is 4.69. The van der Waals surface area contributed by atoms with Crippen LogP contribution in [-0.2, 0) is 6.54 Å². The Morgan fingerprint density at radius 3 is 2.54 bits per heavy atom. The summed E-state index contributed by atoms with van der Waals surface area (Å²) in [6.45, 7) is 10.3. The number of hydrazone groups is 1. The molecule has 0 bridgehead atoms. The van der Waals surface area contributed by atoms with Gasteiger partial charge in [-0.2, -0.15) is 10.4 Å². The Hall–Kier alpha value is -4.67. The smallest absolute Gasteiger partial charge is 0.156 e. The first-order chi connectivity index (χ1) is 16.8. The molecule has 0 radical (unpaired) electrons. The van der Waals surface area contributed by atoms with Crippen molar-refractivity contribution in [3.8, 4) is 17.2 Å². The van der Waals surface area contributed by atoms with Crippen LogP contribution in [0, 0.1) is 18.3 Å². The highest BCUT2D eigenvalue weighted by molar-refractivity contribution is 6.11. The van der Waals surface area contributed by atoms with Gasteiger partial charge < -0.3 is 15.8 Å². The third-order valence-corrected chi connectivity index (χ3v) is 5.86. The molecule has 0 atom stereocenters. The van der Waals surface area contributed by atoms with Crippen molar-refractivity contribution in [2.75, 3.05) is 7.05 Å². The number of nitrogens with zero attached hydrogens (tertiary/aromatic N) is 4. The normalized spacial score (nSPS) is 11.3. The number of benzene rings is 3. The second-order valence-corrected chi connectivity index (χ2v) is 8.19. The van der Waals surface area contributed by atoms with Gasteiger partial charge in [-0.3, -0.25) is 5.01 Å². The van der Waals surface area contributed by atoms with Crippen molar-refractivity contribution in [3.05, 3.63) is 108 Å². The molecule has 0 unspecified atom stereocenters. The summed E-state index contributed by atoms with van der Waals surface area (Å²) in [6, 6.07) is 21.0. The average Bonchev–Trinajstić information content (AvgIpc) is 3.28. The molecule has 0 aliphatic heterocycles. The molecular formula is C28H26N6O. The predicted molar refractivity (Wildman–Crippen MR) is 140 cm³/mol. The Morgan fingerprint density at radius 2 is 1.89 bits per heavy atom. The number of allylic oxidation sites excluding steroid dienone is 1. The van der Waals surface area contributed by atoms with E-state index < -0.39 is 0 Å². The van der Waals surface area contributed by atoms with Crippen LogP contribution in [0.1, 0.15) is 28.1 Å². The molecule has 4 N–H and O–H groups in total. The number of aliphatic hydroxyl groups excluding tert-OH is 1. The maximum atomic E-state index is 10.3. The standard InChI is InChI=1S/C28H26N6O/c1-17-13-25-26(14-23(17)16-30)32-28(31-25)18(2)34(4)33-27(19(3)35)21-11-9-20(10-12-21)24-8-6-5-7-22(24)15-29/h5-14,35H,2-3,16,30H2,1,4H3,(H,31,32)/b33-27+. The van der Waals surface area contributed by atoms with E-state index in [1.807, 2.05) is 61.5 Å². The Kier molecular flexibility index (Phi) is 6.49. The molecule has 0 saturated heterocycles. The second-order valence-electron chi connectivity index (χ2n) is 8.19. The van der Waals surface area contributed by atoms with E-state index in [1.165, 1.54) is 0 Å². The molecule has 1 heterocycles. The van der Waals surface area contributed by atoms with Gasteiger partial charge in [-0.05, 0) is 47.4 Å². The van der Waals surface area contributed by atoms with E-state index in [2.05, 4.69) is 34.3 Å². The molecule has 0 amide bonds. The van der Waals surface area contributed by atoms with Gasteiger partial charge in [0.05, 0.1) is 28.4 Å². The van der Waals surface area contributed by atoms with Gasteiger partial charge in [0.15, 0.2) is 5.82 Å². The van der Waals surface area contributed by atoms with Gasteiger partial charge in [0.2, 0.25) is 0 Å². The summed E-state index contributed by atoms with van der Waals surface area (Å²) in [5, 5.41) is 25.8. The van der Waals surface area contributed by atoms with E-state index in [0.29, 0.717) is 34.9 Å². The molecule has 4 rings (SSSR count). The number of H-pyrrole nitrogens is 1. The van der Waals surface area contributed by atoms with Gasteiger partial charge >= 0.3 is 0 Å². The van der Waals surface area contributed by atoms with Crippen LogP contribution in [0.25, 0.3) is 27.9 Å². The first-order valence-corrected chi connectivity index (χ1v) is 11.0. The van der Waals surface area contributed by atoms with Gasteiger partial charge in [0, 0.05) is 19.2 Å². The van der Waals surface area contributed by atoms with E-state index in [4.69, 9.17) is 5.73 Å². The Morgan fingerprint density at radius 1 is 1.17 bits per heavy atom. The number of nitriles is 1. The molecular weight excluding hydrogens is 436 g/mol. The fourth-order valence-corrected chi connectivity index (χ4v) is 3.85. The molecule has 7 heteroatoms. The average molecular weight is 463 g/mol. The molecule has 0 aliphatic rings. The van der Waals surface area contributed by atoms with Crippen LogP contribution in [0.4, 0.5) is 0 Å². The minimum absolute atomic E-state index is 0.178. The zero-order valence-corrected chi connectivity index (χ0v) is 19.7. The minimum atomic E-state index is -0.178. The molecule has 3 aromatic carbocycles. The number of aliphatic hydroxyl groups is 1. The topological polar surface area (TPSA) is 114 Å². The van der Waals surface area contributed by atoms with Crippen LogP contribution in [0.15, 0.2) is 84.7 Å². The minimum Gasteiger partial charge on any atom is -0.506 e. The summed E-state index contributed by atoms with van der Waals surface area (Å²) in [4.78, 5) is 7.91. The van der Waals surface area contributed by atoms with E-state index >= 15 is 0 Å². The fourth-order valence-electron chi connectivity index (χ4n) is 3.85. The lowest BCUT2D eigenvalue weighted by molar-refractivity contribution is 0.439. The van der Waals surface area contributed by atoms with Gasteiger partial charge in [-0.1, -0.05) is 55.6 Å². The quantitative estimate of drug-likeness (QED) is 0.197. The number of imidazole rings is 1. The van der Waals surface area contributed by atoms with Crippen molar-refractivity contribution in [3.63, 3.8) is 0 Å². The Bertz CT molecular complexity index is 1500. The molecule has 0 fully saturated rings. The lowest BCUT2D eigenvalue weighted by Crippen LogP contribution is -2.15. The molecule has 0 saturated carbocycles. The molecule has 4 aromatic rings. The number of hydrogen-bond donors (Lipinski definition) is 3. The second kappa shape index (κ2) is 9.67. The Balaban J connectivity index is 1.63. The molecule has 0 aliphatic carbocycles. The zero-order chi connectivity index (χ0) is 25.1. The van der Waals surface area contributed by atoms with Crippen LogP contribution in [0.2, 0.25) is 0 Å². The first-order valence-electron chi connectivity index (χ1n) is 11.0. The molecule has 174 valence electrons. The van der Waals surface area contributed by atoms with Crippen LogP contribution >= 0.6 is 0 Å². The molecule has 0 spiro atoms. The summed E-state index contributed by atoms with van der Waals surface area (Å²) in [6.07, 6.45) is 0. The highest BCUT2D eigenvalue weighted by Gasteiger charge is 2.15. The van der Waals surface area contributed by atoms with Gasteiger partial charge in [0.25, 0.3) is 0 Å². The monoisotopic (exact) mass is 462 g/mol. The summed E-state index contributed by atoms with van der Waals surface area (Å²) >= 11 is 0. The predicted octanol–water partition coefficient (Wildman–Crippen LogP) is 5.25. The SMILES string of the molecule is C=C(O)/C(=N\N(C)C(=C)c1nc2cc(CN)c(C)cc2[nH]1)c1ccc(-c2ccccc2C#N)cc1. The largest absolute Gasteiger partial charge is 0.506 e. The van der Waals surface area contributed by atoms with Crippen molar-refractivity contribution in [1.29, 1.82) is 5.26 Å². The third-order valence-electron chi connectivity index (χ3n) is 5.86. The van der Waals surface area contributed by atoms with Crippen LogP contribution in [0.5, 0.6) is 0 Å². The fraction of sp³-hybridized carbons (Fsp3) is 0.107. The van der Waals surface area contributed by atoms with E-state index in [-0.39, 0.29) is 5.76 Å². The molecule has 35 heavy (non-hydrogen) atoms. The Labute approximate surface area is 204 Å². The van der Waals surface area contributed by atoms with Crippen molar-refractivity contribution >= 4 is 22.4 Å². The lowest BCUT2D eigenvalue weighted by atomic mass is 9.98. The lowest BCUT2D eigenvalue weighted by Gasteiger charge is -2.17. The van der Waals surface area contributed by atoms with Crippen LogP contribution < -0.4 is 5.73 Å². The summed E-state index contributed by atoms with van der Waals surface area (Å²) in [7, 11) is 1.73. The van der Waals surface area contributed by atoms with Crippen molar-refractivity contribution < 1.29 is 5.11 Å². The highest BCUT2D eigenvalue weighted by Crippen LogP contribution is 2.25. The summed E-state index contributed by atoms with van der Waals surface area (Å²) in [5.74, 6) is 0.383. The number of nitrogens with two attached hydrogens (primary N) is 1. The number of rotatable bonds is 7. The summed E-state index contributed by atoms with van der Waals surface area (Å²) < 4.78 is 0. The number of fused-ring (bicyclic) bond motifs is 1. The van der Waals surface area contributed by atoms with Gasteiger partial charge in [-0.25, -0.2) is 4.98 Å². The van der Waals surface area contributed by atoms with Crippen LogP contribution in [0.3, 0.4) is 0 Å². The van der Waals surface area contributed by atoms with Gasteiger partial charge in [0.1, 0.15) is 11.5 Å². The van der Waals surface area contributed by atoms with Crippen molar-refractivity contribution in [2.24, 2.45) is 10.8 Å². The summed E-state index contributed by atoms with van der Waals surface area (Å²) in [5.41, 5.74) is 13.4. The number of nitrogens with one attached hydrogen (secondary N) is 1. The van der Waals surface area contributed by atoms with Crippen molar-refractivity contribution in [2.45, 2.75) is 13.5 Å². The zero-order valence-electron chi connectivity index (χ0n) is 19.7. The van der Waals surface area contributed by atoms with E-state index in [9.17, 15) is 10.4 Å². The highest BCUT2D eigenvalue weighted by atomic mass is 16.3. The molecule has 7 nitrogen and oxygen atoms in total. The number of aryl methyl sites for hydroxylation is 1. The molecule has 1 aromatic heterocycles. The maximum Gasteiger partial charge on any atom is 0.156 e. The number of aromatic amines is 1. The van der Waals surface area contributed by atoms with E-state index in [0.717, 1.165) is 33.3 Å². The van der Waals surface area contributed by atoms with Crippen LogP contribution in [-0.4, -0.2) is 32.8 Å². The van der Waals surface area contributed by atoms with Gasteiger partial charge in [-0.15, -0.1) is 0 Å². The number of hydrogen-bond acceptors (Lipinski definition) is 6. The first kappa shape index (κ1) is 23.5. The maximum absolute atomic E-state index is 10.3. The van der Waals surface area contributed by atoms with Crippen molar-refractivity contribution in [1.82, 2.24) is 15.0 Å². The number of aromatic nitrogens is 2. The van der Waals surface area contributed by atoms with E-state index in [1.54, 1.807) is 18.1 Å².